The Morgan fingerprint density at radius 3 is 2.57 bits per heavy atom. The number of thiophene rings is 1. The number of hydrogen-bond donors (Lipinski definition) is 1. The summed E-state index contributed by atoms with van der Waals surface area (Å²) < 4.78 is 0. The van der Waals surface area contributed by atoms with Gasteiger partial charge in [-0.25, -0.2) is 0 Å². The van der Waals surface area contributed by atoms with Crippen molar-refractivity contribution in [1.29, 1.82) is 0 Å². The van der Waals surface area contributed by atoms with Crippen LogP contribution in [0.15, 0.2) is 66.0 Å². The summed E-state index contributed by atoms with van der Waals surface area (Å²) in [5.74, 6) is -0.276. The molecule has 1 fully saturated rings. The second kappa shape index (κ2) is 9.04. The van der Waals surface area contributed by atoms with Gasteiger partial charge in [-0.2, -0.15) is 0 Å². The normalized spacial score (nSPS) is 14.8. The van der Waals surface area contributed by atoms with E-state index >= 15 is 0 Å². The van der Waals surface area contributed by atoms with Crippen LogP contribution in [-0.4, -0.2) is 27.7 Å². The van der Waals surface area contributed by atoms with Gasteiger partial charge in [0.15, 0.2) is 0 Å². The molecule has 1 N–H and O–H groups in total. The van der Waals surface area contributed by atoms with Gasteiger partial charge in [0.1, 0.15) is 0 Å². The van der Waals surface area contributed by atoms with Crippen molar-refractivity contribution in [2.24, 2.45) is 0 Å². The maximum absolute atomic E-state index is 13.0. The Hall–Kier alpha value is -2.61. The highest BCUT2D eigenvalue weighted by molar-refractivity contribution is 8.14. The Morgan fingerprint density at radius 1 is 1.10 bits per heavy atom. The van der Waals surface area contributed by atoms with Crippen LogP contribution in [0.3, 0.4) is 0 Å². The number of nitrogens with one attached hydrogen (secondary N) is 1. The molecule has 0 spiro atoms. The molecule has 0 saturated carbocycles. The number of halogens is 1. The number of rotatable bonds is 6. The zero-order valence-corrected chi connectivity index (χ0v) is 18.1. The van der Waals surface area contributed by atoms with Crippen molar-refractivity contribution in [2.75, 3.05) is 5.75 Å². The maximum Gasteiger partial charge on any atom is 0.289 e. The van der Waals surface area contributed by atoms with Crippen LogP contribution in [0.4, 0.5) is 4.79 Å². The third-order valence-electron chi connectivity index (χ3n) is 4.68. The fourth-order valence-electron chi connectivity index (χ4n) is 3.17. The first-order valence-electron chi connectivity index (χ1n) is 9.17. The summed E-state index contributed by atoms with van der Waals surface area (Å²) >= 11 is 8.57. The number of benzene rings is 2. The van der Waals surface area contributed by atoms with E-state index in [1.165, 1.54) is 4.90 Å². The molecule has 1 unspecified atom stereocenters. The molecular weight excluding hydrogens is 440 g/mol. The Kier molecular flexibility index (Phi) is 6.22. The van der Waals surface area contributed by atoms with Crippen LogP contribution in [0.5, 0.6) is 0 Å². The van der Waals surface area contributed by atoms with E-state index in [4.69, 9.17) is 11.6 Å². The predicted octanol–water partition coefficient (Wildman–Crippen LogP) is 5.12. The Balaban J connectivity index is 1.55. The number of carbonyl (C=O) groups excluding carboxylic acids is 3. The summed E-state index contributed by atoms with van der Waals surface area (Å²) in [4.78, 5) is 39.0. The van der Waals surface area contributed by atoms with Crippen molar-refractivity contribution in [3.05, 3.63) is 92.6 Å². The van der Waals surface area contributed by atoms with Crippen LogP contribution < -0.4 is 5.32 Å². The fourth-order valence-corrected chi connectivity index (χ4v) is 4.82. The molecule has 3 aromatic rings. The van der Waals surface area contributed by atoms with Gasteiger partial charge in [-0.1, -0.05) is 53.7 Å². The highest BCUT2D eigenvalue weighted by Crippen LogP contribution is 2.28. The van der Waals surface area contributed by atoms with Crippen molar-refractivity contribution in [3.63, 3.8) is 0 Å². The molecule has 1 aromatic heterocycles. The molecule has 4 rings (SSSR count). The van der Waals surface area contributed by atoms with Crippen LogP contribution in [0.25, 0.3) is 0 Å². The predicted molar refractivity (Wildman–Crippen MR) is 120 cm³/mol. The molecule has 1 atom stereocenters. The van der Waals surface area contributed by atoms with Crippen molar-refractivity contribution < 1.29 is 14.4 Å². The molecule has 0 bridgehead atoms. The molecule has 3 amide bonds. The van der Waals surface area contributed by atoms with Gasteiger partial charge in [-0.3, -0.25) is 19.3 Å². The van der Waals surface area contributed by atoms with E-state index in [1.54, 1.807) is 47.7 Å². The minimum atomic E-state index is -0.309. The average Bonchev–Trinajstić information content (AvgIpc) is 3.39. The number of imide groups is 1. The standard InChI is InChI=1S/C22H17ClN2O3S2/c23-17-8-6-15(7-9-17)20(18-5-2-10-29-18)24-21(27)16-4-1-3-14(11-16)12-25-19(26)13-30-22(25)28/h1-11,20H,12-13H2,(H,24,27). The minimum Gasteiger partial charge on any atom is -0.340 e. The number of amides is 3. The molecular formula is C22H17ClN2O3S2. The van der Waals surface area contributed by atoms with Gasteiger partial charge in [0.2, 0.25) is 5.91 Å². The number of hydrogen-bond acceptors (Lipinski definition) is 5. The van der Waals surface area contributed by atoms with Crippen molar-refractivity contribution in [3.8, 4) is 0 Å². The molecule has 5 nitrogen and oxygen atoms in total. The van der Waals surface area contributed by atoms with E-state index in [-0.39, 0.29) is 35.4 Å². The quantitative estimate of drug-likeness (QED) is 0.559. The molecule has 30 heavy (non-hydrogen) atoms. The first-order valence-corrected chi connectivity index (χ1v) is 11.4. The third kappa shape index (κ3) is 4.59. The number of carbonyl (C=O) groups is 3. The summed E-state index contributed by atoms with van der Waals surface area (Å²) in [6.45, 7) is 0.164. The monoisotopic (exact) mass is 456 g/mol. The van der Waals surface area contributed by atoms with E-state index in [0.717, 1.165) is 27.8 Å². The lowest BCUT2D eigenvalue weighted by Crippen LogP contribution is -2.30. The average molecular weight is 457 g/mol. The van der Waals surface area contributed by atoms with Crippen LogP contribution in [0.1, 0.15) is 32.4 Å². The summed E-state index contributed by atoms with van der Waals surface area (Å²) in [5, 5.41) is 5.43. The number of nitrogens with zero attached hydrogens (tertiary/aromatic N) is 1. The first kappa shape index (κ1) is 20.7. The van der Waals surface area contributed by atoms with Crippen LogP contribution >= 0.6 is 34.7 Å². The van der Waals surface area contributed by atoms with E-state index < -0.39 is 0 Å². The van der Waals surface area contributed by atoms with E-state index in [2.05, 4.69) is 5.32 Å². The van der Waals surface area contributed by atoms with Gasteiger partial charge in [-0.05, 0) is 46.8 Å². The van der Waals surface area contributed by atoms with Gasteiger partial charge in [-0.15, -0.1) is 11.3 Å². The topological polar surface area (TPSA) is 66.5 Å². The zero-order chi connectivity index (χ0) is 21.1. The first-order chi connectivity index (χ1) is 14.5. The van der Waals surface area contributed by atoms with Gasteiger partial charge in [0.25, 0.3) is 11.1 Å². The largest absolute Gasteiger partial charge is 0.340 e. The smallest absolute Gasteiger partial charge is 0.289 e. The zero-order valence-electron chi connectivity index (χ0n) is 15.7. The van der Waals surface area contributed by atoms with Gasteiger partial charge >= 0.3 is 0 Å². The summed E-state index contributed by atoms with van der Waals surface area (Å²) in [6, 6.07) is 18.0. The molecule has 2 heterocycles. The molecule has 8 heteroatoms. The van der Waals surface area contributed by atoms with Gasteiger partial charge < -0.3 is 5.32 Å². The molecule has 2 aromatic carbocycles. The summed E-state index contributed by atoms with van der Waals surface area (Å²) in [7, 11) is 0. The van der Waals surface area contributed by atoms with Crippen molar-refractivity contribution >= 4 is 51.8 Å². The lowest BCUT2D eigenvalue weighted by Gasteiger charge is -2.19. The highest BCUT2D eigenvalue weighted by Gasteiger charge is 2.30. The van der Waals surface area contributed by atoms with Crippen molar-refractivity contribution in [1.82, 2.24) is 10.2 Å². The number of thioether (sulfide) groups is 1. The van der Waals surface area contributed by atoms with Gasteiger partial charge in [0, 0.05) is 15.5 Å². The summed E-state index contributed by atoms with van der Waals surface area (Å²) in [6.07, 6.45) is 0. The Labute approximate surface area is 187 Å². The van der Waals surface area contributed by atoms with Crippen molar-refractivity contribution in [2.45, 2.75) is 12.6 Å². The van der Waals surface area contributed by atoms with E-state index in [1.807, 2.05) is 29.6 Å². The molecule has 0 aliphatic carbocycles. The lowest BCUT2D eigenvalue weighted by atomic mass is 10.0. The second-order valence-electron chi connectivity index (χ2n) is 6.71. The van der Waals surface area contributed by atoms with E-state index in [0.29, 0.717) is 10.6 Å². The summed E-state index contributed by atoms with van der Waals surface area (Å²) in [5.41, 5.74) is 2.12. The second-order valence-corrected chi connectivity index (χ2v) is 9.05. The molecule has 152 valence electrons. The van der Waals surface area contributed by atoms with E-state index in [9.17, 15) is 14.4 Å². The van der Waals surface area contributed by atoms with Gasteiger partial charge in [0.05, 0.1) is 18.3 Å². The Morgan fingerprint density at radius 2 is 1.90 bits per heavy atom. The highest BCUT2D eigenvalue weighted by atomic mass is 35.5. The third-order valence-corrected chi connectivity index (χ3v) is 6.72. The SMILES string of the molecule is O=C(NC(c1ccc(Cl)cc1)c1cccs1)c1cccc(CN2C(=O)CSC2=O)c1. The lowest BCUT2D eigenvalue weighted by molar-refractivity contribution is -0.125. The molecule has 1 aliphatic rings. The minimum absolute atomic E-state index is 0.164. The maximum atomic E-state index is 13.0. The molecule has 0 radical (unpaired) electrons. The van der Waals surface area contributed by atoms with Crippen LogP contribution in [-0.2, 0) is 11.3 Å². The van der Waals surface area contributed by atoms with Crippen LogP contribution in [0.2, 0.25) is 5.02 Å². The molecule has 1 saturated heterocycles. The Bertz CT molecular complexity index is 1070. The fraction of sp³-hybridized carbons (Fsp3) is 0.136. The molecule has 1 aliphatic heterocycles. The van der Waals surface area contributed by atoms with Crippen LogP contribution in [0, 0.1) is 0 Å².